The molecule has 0 heterocycles. The summed E-state index contributed by atoms with van der Waals surface area (Å²) in [5.74, 6) is -0.732. The summed E-state index contributed by atoms with van der Waals surface area (Å²) in [5.41, 5.74) is 0. The summed E-state index contributed by atoms with van der Waals surface area (Å²) in [5, 5.41) is 8.73. The van der Waals surface area contributed by atoms with E-state index in [0.29, 0.717) is 6.42 Å². The lowest BCUT2D eigenvalue weighted by atomic mass is 10.0. The van der Waals surface area contributed by atoms with Crippen molar-refractivity contribution >= 4 is 11.9 Å². The van der Waals surface area contributed by atoms with E-state index in [2.05, 4.69) is 13.8 Å². The first-order chi connectivity index (χ1) is 16.1. The van der Waals surface area contributed by atoms with Crippen LogP contribution >= 0.6 is 0 Å². The Morgan fingerprint density at radius 1 is 0.545 bits per heavy atom. The number of ether oxygens (including phenoxy) is 1. The van der Waals surface area contributed by atoms with Crippen LogP contribution in [-0.2, 0) is 14.3 Å². The number of esters is 1. The molecule has 0 aliphatic carbocycles. The quantitative estimate of drug-likeness (QED) is 0.101. The van der Waals surface area contributed by atoms with Crippen LogP contribution in [0.3, 0.4) is 0 Å². The van der Waals surface area contributed by atoms with Gasteiger partial charge < -0.3 is 9.84 Å². The molecular weight excluding hydrogens is 412 g/mol. The molecule has 0 aromatic rings. The highest BCUT2D eigenvalue weighted by molar-refractivity contribution is 5.69. The van der Waals surface area contributed by atoms with Crippen LogP contribution in [0.2, 0.25) is 0 Å². The number of hydrogen-bond donors (Lipinski definition) is 1. The van der Waals surface area contributed by atoms with Crippen LogP contribution in [-0.4, -0.2) is 23.1 Å². The fraction of sp³-hybridized carbons (Fsp3) is 0.931. The summed E-state index contributed by atoms with van der Waals surface area (Å²) >= 11 is 0. The van der Waals surface area contributed by atoms with Crippen LogP contribution in [0.5, 0.6) is 0 Å². The Hall–Kier alpha value is -1.06. The number of aliphatic carboxylic acids is 1. The zero-order valence-electron chi connectivity index (χ0n) is 22.2. The first-order valence-corrected chi connectivity index (χ1v) is 14.5. The molecule has 1 atom stereocenters. The molecule has 0 aromatic carbocycles. The van der Waals surface area contributed by atoms with E-state index in [0.717, 1.165) is 57.8 Å². The van der Waals surface area contributed by atoms with Crippen LogP contribution in [0, 0.1) is 0 Å². The molecule has 0 aromatic heterocycles. The summed E-state index contributed by atoms with van der Waals surface area (Å²) < 4.78 is 5.84. The second-order valence-electron chi connectivity index (χ2n) is 9.95. The average molecular weight is 469 g/mol. The second-order valence-corrected chi connectivity index (χ2v) is 9.95. The molecule has 4 nitrogen and oxygen atoms in total. The zero-order valence-corrected chi connectivity index (χ0v) is 22.2. The summed E-state index contributed by atoms with van der Waals surface area (Å²) in [6.45, 7) is 4.48. The predicted molar refractivity (Wildman–Crippen MR) is 140 cm³/mol. The van der Waals surface area contributed by atoms with E-state index in [1.165, 1.54) is 83.5 Å². The van der Waals surface area contributed by atoms with E-state index in [1.54, 1.807) is 0 Å². The molecule has 0 aliphatic rings. The molecule has 0 radical (unpaired) electrons. The van der Waals surface area contributed by atoms with Crippen LogP contribution in [0.15, 0.2) is 0 Å². The van der Waals surface area contributed by atoms with E-state index in [-0.39, 0.29) is 18.5 Å². The molecule has 0 bridgehead atoms. The number of carbonyl (C=O) groups excluding carboxylic acids is 1. The maximum absolute atomic E-state index is 12.3. The molecular formula is C29H56O4. The third-order valence-corrected chi connectivity index (χ3v) is 6.58. The molecule has 196 valence electrons. The number of hydrogen-bond acceptors (Lipinski definition) is 3. The fourth-order valence-corrected chi connectivity index (χ4v) is 4.42. The van der Waals surface area contributed by atoms with Crippen LogP contribution in [0.1, 0.15) is 168 Å². The van der Waals surface area contributed by atoms with E-state index >= 15 is 0 Å². The van der Waals surface area contributed by atoms with Crippen molar-refractivity contribution < 1.29 is 19.4 Å². The molecule has 0 saturated heterocycles. The Kier molecular flexibility index (Phi) is 24.7. The van der Waals surface area contributed by atoms with E-state index in [1.807, 2.05) is 0 Å². The minimum atomic E-state index is -0.712. The zero-order chi connectivity index (χ0) is 24.4. The Labute approximate surface area is 205 Å². The fourth-order valence-electron chi connectivity index (χ4n) is 4.42. The molecule has 0 amide bonds. The largest absolute Gasteiger partial charge is 0.481 e. The van der Waals surface area contributed by atoms with E-state index in [9.17, 15) is 9.59 Å². The molecule has 0 saturated carbocycles. The van der Waals surface area contributed by atoms with Crippen molar-refractivity contribution in [2.75, 3.05) is 0 Å². The predicted octanol–water partition coefficient (Wildman–Crippen LogP) is 9.39. The Bertz CT molecular complexity index is 435. The number of carbonyl (C=O) groups is 2. The highest BCUT2D eigenvalue weighted by Gasteiger charge is 2.14. The minimum absolute atomic E-state index is 0.0200. The van der Waals surface area contributed by atoms with Gasteiger partial charge in [0.25, 0.3) is 0 Å². The lowest BCUT2D eigenvalue weighted by Gasteiger charge is -2.18. The van der Waals surface area contributed by atoms with Gasteiger partial charge in [0.15, 0.2) is 0 Å². The Morgan fingerprint density at radius 2 is 0.909 bits per heavy atom. The molecule has 33 heavy (non-hydrogen) atoms. The first-order valence-electron chi connectivity index (χ1n) is 14.5. The topological polar surface area (TPSA) is 63.6 Å². The van der Waals surface area contributed by atoms with Crippen LogP contribution in [0.25, 0.3) is 0 Å². The Morgan fingerprint density at radius 3 is 1.36 bits per heavy atom. The highest BCUT2D eigenvalue weighted by Crippen LogP contribution is 2.18. The van der Waals surface area contributed by atoms with Crippen molar-refractivity contribution in [1.29, 1.82) is 0 Å². The van der Waals surface area contributed by atoms with Crippen molar-refractivity contribution in [3.05, 3.63) is 0 Å². The van der Waals surface area contributed by atoms with Gasteiger partial charge in [0.05, 0.1) is 0 Å². The van der Waals surface area contributed by atoms with Crippen molar-refractivity contribution in [3.8, 4) is 0 Å². The molecule has 1 N–H and O–H groups in total. The summed E-state index contributed by atoms with van der Waals surface area (Å²) in [6.07, 6.45) is 26.9. The SMILES string of the molecule is CCCCCCCCCCCCCCC(=O)OC(CCCCCC)CCCCCCC(=O)O. The standard InChI is InChI=1S/C29H56O4/c1-3-5-7-9-10-11-12-13-14-15-16-22-26-29(32)33-27(23-19-8-6-4-2)24-20-17-18-21-25-28(30)31/h27H,3-26H2,1-2H3,(H,30,31). The van der Waals surface area contributed by atoms with Gasteiger partial charge in [-0.25, -0.2) is 0 Å². The summed E-state index contributed by atoms with van der Waals surface area (Å²) in [7, 11) is 0. The second kappa shape index (κ2) is 25.6. The molecule has 0 fully saturated rings. The molecule has 4 heteroatoms. The number of carboxylic acid groups (broad SMARTS) is 1. The van der Waals surface area contributed by atoms with Crippen molar-refractivity contribution in [2.24, 2.45) is 0 Å². The summed E-state index contributed by atoms with van der Waals surface area (Å²) in [6, 6.07) is 0. The van der Waals surface area contributed by atoms with Crippen molar-refractivity contribution in [3.63, 3.8) is 0 Å². The average Bonchev–Trinajstić information content (AvgIpc) is 2.79. The molecule has 0 aliphatic heterocycles. The highest BCUT2D eigenvalue weighted by atomic mass is 16.5. The van der Waals surface area contributed by atoms with Gasteiger partial charge in [-0.2, -0.15) is 0 Å². The van der Waals surface area contributed by atoms with E-state index in [4.69, 9.17) is 9.84 Å². The molecule has 0 spiro atoms. The van der Waals surface area contributed by atoms with Gasteiger partial charge in [0, 0.05) is 12.8 Å². The van der Waals surface area contributed by atoms with Gasteiger partial charge >= 0.3 is 11.9 Å². The number of unbranched alkanes of at least 4 members (excludes halogenated alkanes) is 17. The first kappa shape index (κ1) is 31.9. The number of carboxylic acids is 1. The lowest BCUT2D eigenvalue weighted by molar-refractivity contribution is -0.150. The summed E-state index contributed by atoms with van der Waals surface area (Å²) in [4.78, 5) is 22.9. The lowest BCUT2D eigenvalue weighted by Crippen LogP contribution is -2.18. The minimum Gasteiger partial charge on any atom is -0.481 e. The monoisotopic (exact) mass is 468 g/mol. The van der Waals surface area contributed by atoms with Gasteiger partial charge in [0.1, 0.15) is 6.10 Å². The van der Waals surface area contributed by atoms with Gasteiger partial charge in [-0.15, -0.1) is 0 Å². The number of rotatable bonds is 26. The molecule has 1 unspecified atom stereocenters. The van der Waals surface area contributed by atoms with Gasteiger partial charge in [-0.1, -0.05) is 117 Å². The smallest absolute Gasteiger partial charge is 0.306 e. The van der Waals surface area contributed by atoms with Gasteiger partial charge in [-0.3, -0.25) is 9.59 Å². The third kappa shape index (κ3) is 25.4. The van der Waals surface area contributed by atoms with Crippen LogP contribution in [0.4, 0.5) is 0 Å². The maximum Gasteiger partial charge on any atom is 0.306 e. The maximum atomic E-state index is 12.3. The Balaban J connectivity index is 3.82. The van der Waals surface area contributed by atoms with Crippen LogP contribution < -0.4 is 0 Å². The molecule has 0 rings (SSSR count). The van der Waals surface area contributed by atoms with Gasteiger partial charge in [-0.05, 0) is 38.5 Å². The third-order valence-electron chi connectivity index (χ3n) is 6.58. The normalized spacial score (nSPS) is 12.1. The van der Waals surface area contributed by atoms with Crippen molar-refractivity contribution in [1.82, 2.24) is 0 Å². The van der Waals surface area contributed by atoms with Crippen molar-refractivity contribution in [2.45, 2.75) is 174 Å². The van der Waals surface area contributed by atoms with E-state index < -0.39 is 5.97 Å². The van der Waals surface area contributed by atoms with Gasteiger partial charge in [0.2, 0.25) is 0 Å².